The molecule has 34 heavy (non-hydrogen) atoms. The zero-order chi connectivity index (χ0) is 24.7. The number of alkyl halides is 3. The Morgan fingerprint density at radius 3 is 2.50 bits per heavy atom. The van der Waals surface area contributed by atoms with Crippen LogP contribution in [0.3, 0.4) is 0 Å². The number of hydrogen-bond donors (Lipinski definition) is 2. The van der Waals surface area contributed by atoms with E-state index in [1.807, 2.05) is 0 Å². The van der Waals surface area contributed by atoms with Crippen LogP contribution in [0.15, 0.2) is 58.5 Å². The molecule has 1 aliphatic rings. The molecule has 1 heterocycles. The van der Waals surface area contributed by atoms with Gasteiger partial charge in [0.2, 0.25) is 0 Å². The molecular weight excluding hydrogens is 450 g/mol. The van der Waals surface area contributed by atoms with Gasteiger partial charge in [-0.1, -0.05) is 18.2 Å². The van der Waals surface area contributed by atoms with Crippen LogP contribution in [-0.2, 0) is 4.79 Å². The van der Waals surface area contributed by atoms with Crippen LogP contribution in [0.5, 0.6) is 0 Å². The Hall–Kier alpha value is -3.69. The van der Waals surface area contributed by atoms with Crippen molar-refractivity contribution < 1.29 is 22.4 Å². The minimum absolute atomic E-state index is 0.0123. The van der Waals surface area contributed by atoms with Gasteiger partial charge in [-0.05, 0) is 36.8 Å². The highest BCUT2D eigenvalue weighted by Crippen LogP contribution is 2.36. The molecule has 2 aromatic rings. The van der Waals surface area contributed by atoms with Crippen LogP contribution in [0, 0.1) is 22.6 Å². The molecule has 0 aliphatic carbocycles. The number of hydrogen-bond acceptors (Lipinski definition) is 6. The highest BCUT2D eigenvalue weighted by Gasteiger charge is 2.43. The van der Waals surface area contributed by atoms with Gasteiger partial charge in [0.25, 0.3) is 0 Å². The summed E-state index contributed by atoms with van der Waals surface area (Å²) in [5.74, 6) is -2.74. The summed E-state index contributed by atoms with van der Waals surface area (Å²) in [7, 11) is 0. The normalized spacial score (nSPS) is 16.8. The van der Waals surface area contributed by atoms with Gasteiger partial charge in [0.05, 0.1) is 23.0 Å². The van der Waals surface area contributed by atoms with Crippen LogP contribution in [0.4, 0.5) is 34.6 Å². The average molecular weight is 473 g/mol. The fraction of sp³-hybridized carbons (Fsp3) is 0.292. The van der Waals surface area contributed by atoms with Crippen LogP contribution in [0.2, 0.25) is 0 Å². The maximum atomic E-state index is 14.5. The first kappa shape index (κ1) is 24.9. The number of rotatable bonds is 9. The van der Waals surface area contributed by atoms with Gasteiger partial charge in [0.1, 0.15) is 5.71 Å². The second kappa shape index (κ2) is 11.0. The van der Waals surface area contributed by atoms with E-state index in [0.717, 1.165) is 12.3 Å². The molecule has 1 saturated heterocycles. The van der Waals surface area contributed by atoms with Crippen molar-refractivity contribution in [2.24, 2.45) is 15.9 Å². The number of nitrogens with one attached hydrogen (secondary N) is 2. The summed E-state index contributed by atoms with van der Waals surface area (Å²) in [5.41, 5.74) is 0.606. The summed E-state index contributed by atoms with van der Waals surface area (Å²) in [6.07, 6.45) is -2.35. The molecule has 2 N–H and O–H groups in total. The summed E-state index contributed by atoms with van der Waals surface area (Å²) < 4.78 is 53.1. The van der Waals surface area contributed by atoms with Gasteiger partial charge in [-0.15, -0.1) is 0 Å². The molecule has 10 heteroatoms. The molecule has 1 atom stereocenters. The lowest BCUT2D eigenvalue weighted by molar-refractivity contribution is -0.168. The number of halogens is 4. The standard InChI is InChI=1S/C24H23F4N5O/c25-19-14-18(33-13-10-16(15-33)24(26,27)28)6-7-20(19)31-12-9-22(34)23(30)21(8-11-29)32-17-4-2-1-3-5-17/h1-7,11-12,14,16,29-30H,8-10,13,15H2. The summed E-state index contributed by atoms with van der Waals surface area (Å²) in [4.78, 5) is 22.1. The highest BCUT2D eigenvalue weighted by molar-refractivity contribution is 6.68. The van der Waals surface area contributed by atoms with E-state index in [0.29, 0.717) is 11.4 Å². The maximum Gasteiger partial charge on any atom is 0.393 e. The lowest BCUT2D eigenvalue weighted by Crippen LogP contribution is -2.27. The second-order valence-electron chi connectivity index (χ2n) is 7.73. The number of carbonyl (C=O) groups excluding carboxylic acids is 1. The van der Waals surface area contributed by atoms with E-state index in [4.69, 9.17) is 10.8 Å². The van der Waals surface area contributed by atoms with E-state index < -0.39 is 23.7 Å². The first-order chi connectivity index (χ1) is 16.2. The van der Waals surface area contributed by atoms with Gasteiger partial charge in [-0.2, -0.15) is 13.2 Å². The fourth-order valence-corrected chi connectivity index (χ4v) is 3.51. The van der Waals surface area contributed by atoms with Gasteiger partial charge < -0.3 is 10.3 Å². The maximum absolute atomic E-state index is 14.5. The van der Waals surface area contributed by atoms with Crippen molar-refractivity contribution in [2.75, 3.05) is 18.0 Å². The van der Waals surface area contributed by atoms with E-state index in [1.165, 1.54) is 23.2 Å². The fourth-order valence-electron chi connectivity index (χ4n) is 3.51. The Kier molecular flexibility index (Phi) is 8.04. The van der Waals surface area contributed by atoms with Crippen molar-refractivity contribution in [2.45, 2.75) is 25.4 Å². The molecule has 2 aromatic carbocycles. The van der Waals surface area contributed by atoms with Gasteiger partial charge in [0.15, 0.2) is 11.6 Å². The van der Waals surface area contributed by atoms with Gasteiger partial charge >= 0.3 is 6.18 Å². The Morgan fingerprint density at radius 2 is 1.88 bits per heavy atom. The van der Waals surface area contributed by atoms with E-state index in [1.54, 1.807) is 30.3 Å². The van der Waals surface area contributed by atoms with E-state index in [9.17, 15) is 22.4 Å². The number of anilines is 1. The number of carbonyl (C=O) groups is 1. The molecule has 0 aromatic heterocycles. The van der Waals surface area contributed by atoms with Crippen molar-refractivity contribution in [1.82, 2.24) is 0 Å². The Morgan fingerprint density at radius 1 is 1.15 bits per heavy atom. The summed E-state index contributed by atoms with van der Waals surface area (Å²) in [5, 5.41) is 15.4. The van der Waals surface area contributed by atoms with Gasteiger partial charge in [-0.3, -0.25) is 20.2 Å². The molecule has 0 bridgehead atoms. The number of para-hydroxylation sites is 1. The molecule has 1 unspecified atom stereocenters. The van der Waals surface area contributed by atoms with Crippen LogP contribution in [0.1, 0.15) is 19.3 Å². The average Bonchev–Trinajstić information content (AvgIpc) is 3.31. The lowest BCUT2D eigenvalue weighted by atomic mass is 10.1. The first-order valence-electron chi connectivity index (χ1n) is 10.6. The summed E-state index contributed by atoms with van der Waals surface area (Å²) in [6.45, 7) is -0.0315. The first-order valence-corrected chi connectivity index (χ1v) is 10.6. The molecule has 6 nitrogen and oxygen atoms in total. The van der Waals surface area contributed by atoms with E-state index >= 15 is 0 Å². The Bertz CT molecular complexity index is 1110. The van der Waals surface area contributed by atoms with Gasteiger partial charge in [0, 0.05) is 44.0 Å². The number of nitrogens with zero attached hydrogens (tertiary/aromatic N) is 3. The largest absolute Gasteiger partial charge is 0.393 e. The molecule has 1 aliphatic heterocycles. The number of Topliss-reactive ketones (excluding diaryl/α,β-unsaturated/α-hetero) is 1. The number of benzene rings is 2. The quantitative estimate of drug-likeness (QED) is 0.361. The molecule has 0 radical (unpaired) electrons. The predicted octanol–water partition coefficient (Wildman–Crippen LogP) is 5.71. The summed E-state index contributed by atoms with van der Waals surface area (Å²) in [6, 6.07) is 12.7. The van der Waals surface area contributed by atoms with Crippen molar-refractivity contribution in [3.8, 4) is 0 Å². The molecule has 0 spiro atoms. The summed E-state index contributed by atoms with van der Waals surface area (Å²) >= 11 is 0. The minimum atomic E-state index is -4.28. The Balaban J connectivity index is 1.63. The zero-order valence-electron chi connectivity index (χ0n) is 18.1. The van der Waals surface area contributed by atoms with Crippen LogP contribution in [-0.4, -0.2) is 48.9 Å². The molecule has 3 rings (SSSR count). The van der Waals surface area contributed by atoms with Gasteiger partial charge in [-0.25, -0.2) is 4.39 Å². The number of aliphatic imine (C=N–C) groups is 2. The smallest absolute Gasteiger partial charge is 0.371 e. The third kappa shape index (κ3) is 6.43. The van der Waals surface area contributed by atoms with Crippen molar-refractivity contribution in [3.63, 3.8) is 0 Å². The lowest BCUT2D eigenvalue weighted by Gasteiger charge is -2.20. The Labute approximate surface area is 194 Å². The molecule has 0 saturated carbocycles. The highest BCUT2D eigenvalue weighted by atomic mass is 19.4. The zero-order valence-corrected chi connectivity index (χ0v) is 18.1. The van der Waals surface area contributed by atoms with Crippen LogP contribution < -0.4 is 4.90 Å². The SMILES string of the molecule is N=CCC(=Nc1ccccc1)C(=N)C(=O)CC=Nc1ccc(N2CCC(C(F)(F)F)C2)cc1F. The predicted molar refractivity (Wildman–Crippen MR) is 125 cm³/mol. The third-order valence-corrected chi connectivity index (χ3v) is 5.34. The topological polar surface area (TPSA) is 92.7 Å². The van der Waals surface area contributed by atoms with E-state index in [2.05, 4.69) is 9.98 Å². The van der Waals surface area contributed by atoms with Crippen LogP contribution >= 0.6 is 0 Å². The van der Waals surface area contributed by atoms with Crippen molar-refractivity contribution >= 4 is 46.7 Å². The molecular formula is C24H23F4N5O. The second-order valence-corrected chi connectivity index (χ2v) is 7.73. The van der Waals surface area contributed by atoms with Crippen molar-refractivity contribution in [1.29, 1.82) is 10.8 Å². The third-order valence-electron chi connectivity index (χ3n) is 5.34. The minimum Gasteiger partial charge on any atom is -0.371 e. The molecule has 178 valence electrons. The monoisotopic (exact) mass is 473 g/mol. The molecule has 1 fully saturated rings. The number of ketones is 1. The van der Waals surface area contributed by atoms with Crippen LogP contribution in [0.25, 0.3) is 0 Å². The molecule has 0 amide bonds. The van der Waals surface area contributed by atoms with E-state index in [-0.39, 0.29) is 49.5 Å². The van der Waals surface area contributed by atoms with Crippen molar-refractivity contribution in [3.05, 3.63) is 54.3 Å².